The molecule has 176 valence electrons. The number of piperidine rings is 1. The fourth-order valence-corrected chi connectivity index (χ4v) is 4.08. The van der Waals surface area contributed by atoms with E-state index in [1.807, 2.05) is 46.1 Å². The van der Waals surface area contributed by atoms with Crippen molar-refractivity contribution in [1.29, 1.82) is 0 Å². The standard InChI is InChI=1S/C24H37N5O3/c1-17-18(2)32-23(27-17)16-29-11-9-19(10-12-29)14-26-24(25-3)28(4)15-20-7-8-21(30-5)13-22(20)31-6/h7-8,13,19H,9-12,14-16H2,1-6H3,(H,25,26). The van der Waals surface area contributed by atoms with Crippen LogP contribution in [0.15, 0.2) is 27.6 Å². The molecule has 32 heavy (non-hydrogen) atoms. The number of rotatable bonds is 8. The Morgan fingerprint density at radius 3 is 2.59 bits per heavy atom. The molecule has 0 atom stereocenters. The number of likely N-dealkylation sites (tertiary alicyclic amines) is 1. The number of hydrogen-bond donors (Lipinski definition) is 1. The predicted molar refractivity (Wildman–Crippen MR) is 126 cm³/mol. The average molecular weight is 444 g/mol. The molecule has 1 N–H and O–H groups in total. The van der Waals surface area contributed by atoms with Crippen molar-refractivity contribution in [3.05, 3.63) is 41.1 Å². The molecule has 0 spiro atoms. The van der Waals surface area contributed by atoms with Crippen molar-refractivity contribution in [3.63, 3.8) is 0 Å². The van der Waals surface area contributed by atoms with Gasteiger partial charge in [0.2, 0.25) is 5.89 Å². The fraction of sp³-hybridized carbons (Fsp3) is 0.583. The molecule has 3 rings (SSSR count). The van der Waals surface area contributed by atoms with Crippen molar-refractivity contribution >= 4 is 5.96 Å². The van der Waals surface area contributed by atoms with E-state index in [1.165, 1.54) is 0 Å². The van der Waals surface area contributed by atoms with Crippen molar-refractivity contribution < 1.29 is 13.9 Å². The molecule has 2 aromatic rings. The molecular formula is C24H37N5O3. The van der Waals surface area contributed by atoms with E-state index >= 15 is 0 Å². The summed E-state index contributed by atoms with van der Waals surface area (Å²) in [5, 5.41) is 3.56. The third-order valence-corrected chi connectivity index (χ3v) is 6.16. The van der Waals surface area contributed by atoms with E-state index < -0.39 is 0 Å². The number of nitrogens with zero attached hydrogens (tertiary/aromatic N) is 4. The maximum Gasteiger partial charge on any atom is 0.208 e. The van der Waals surface area contributed by atoms with Crippen LogP contribution in [0.2, 0.25) is 0 Å². The van der Waals surface area contributed by atoms with Crippen LogP contribution in [0.4, 0.5) is 0 Å². The average Bonchev–Trinajstić information content (AvgIpc) is 3.12. The normalized spacial score (nSPS) is 15.6. The summed E-state index contributed by atoms with van der Waals surface area (Å²) >= 11 is 0. The number of hydrogen-bond acceptors (Lipinski definition) is 6. The van der Waals surface area contributed by atoms with Crippen LogP contribution in [0, 0.1) is 19.8 Å². The first-order valence-electron chi connectivity index (χ1n) is 11.2. The Kier molecular flexibility index (Phi) is 8.39. The van der Waals surface area contributed by atoms with Crippen LogP contribution in [0.25, 0.3) is 0 Å². The molecular weight excluding hydrogens is 406 g/mol. The topological polar surface area (TPSA) is 75.4 Å². The third kappa shape index (κ3) is 6.16. The van der Waals surface area contributed by atoms with E-state index in [4.69, 9.17) is 13.9 Å². The highest BCUT2D eigenvalue weighted by Crippen LogP contribution is 2.25. The highest BCUT2D eigenvalue weighted by atomic mass is 16.5. The maximum absolute atomic E-state index is 5.74. The zero-order valence-electron chi connectivity index (χ0n) is 20.3. The molecule has 8 heteroatoms. The van der Waals surface area contributed by atoms with Gasteiger partial charge in [-0.2, -0.15) is 0 Å². The highest BCUT2D eigenvalue weighted by molar-refractivity contribution is 5.79. The fourth-order valence-electron chi connectivity index (χ4n) is 4.08. The maximum atomic E-state index is 5.74. The van der Waals surface area contributed by atoms with Gasteiger partial charge in [0.15, 0.2) is 5.96 Å². The summed E-state index contributed by atoms with van der Waals surface area (Å²) in [5.41, 5.74) is 2.07. The second kappa shape index (κ2) is 11.2. The Labute approximate surface area is 191 Å². The largest absolute Gasteiger partial charge is 0.497 e. The minimum absolute atomic E-state index is 0.625. The van der Waals surface area contributed by atoms with Gasteiger partial charge < -0.3 is 24.1 Å². The second-order valence-corrected chi connectivity index (χ2v) is 8.43. The van der Waals surface area contributed by atoms with E-state index in [-0.39, 0.29) is 0 Å². The molecule has 8 nitrogen and oxygen atoms in total. The van der Waals surface area contributed by atoms with Gasteiger partial charge in [-0.25, -0.2) is 4.98 Å². The first-order chi connectivity index (χ1) is 15.4. The van der Waals surface area contributed by atoms with Crippen LogP contribution in [0.5, 0.6) is 11.5 Å². The van der Waals surface area contributed by atoms with E-state index in [1.54, 1.807) is 14.2 Å². The summed E-state index contributed by atoms with van der Waals surface area (Å²) in [6.07, 6.45) is 2.30. The van der Waals surface area contributed by atoms with Gasteiger partial charge in [0.05, 0.1) is 26.5 Å². The molecule has 2 heterocycles. The quantitative estimate of drug-likeness (QED) is 0.496. The summed E-state index contributed by atoms with van der Waals surface area (Å²) in [5.74, 6) is 4.86. The summed E-state index contributed by atoms with van der Waals surface area (Å²) in [4.78, 5) is 13.5. The first-order valence-corrected chi connectivity index (χ1v) is 11.2. The molecule has 0 amide bonds. The SMILES string of the molecule is CN=C(NCC1CCN(Cc2nc(C)c(C)o2)CC1)N(C)Cc1ccc(OC)cc1OC. The van der Waals surface area contributed by atoms with E-state index in [0.717, 1.165) is 79.4 Å². The summed E-state index contributed by atoms with van der Waals surface area (Å²) < 4.78 is 16.6. The van der Waals surface area contributed by atoms with Gasteiger partial charge in [-0.15, -0.1) is 0 Å². The van der Waals surface area contributed by atoms with Crippen LogP contribution in [-0.2, 0) is 13.1 Å². The molecule has 1 fully saturated rings. The van der Waals surface area contributed by atoms with Crippen molar-refractivity contribution in [2.45, 2.75) is 39.8 Å². The Hall–Kier alpha value is -2.74. The van der Waals surface area contributed by atoms with Gasteiger partial charge in [-0.1, -0.05) is 0 Å². The molecule has 0 aliphatic carbocycles. The van der Waals surface area contributed by atoms with Gasteiger partial charge in [-0.3, -0.25) is 9.89 Å². The van der Waals surface area contributed by atoms with E-state index in [0.29, 0.717) is 12.5 Å². The number of oxazole rings is 1. The smallest absolute Gasteiger partial charge is 0.208 e. The second-order valence-electron chi connectivity index (χ2n) is 8.43. The van der Waals surface area contributed by atoms with Crippen LogP contribution in [0.3, 0.4) is 0 Å². The highest BCUT2D eigenvalue weighted by Gasteiger charge is 2.21. The van der Waals surface area contributed by atoms with Crippen molar-refractivity contribution in [3.8, 4) is 11.5 Å². The summed E-state index contributed by atoms with van der Waals surface area (Å²) in [6, 6.07) is 5.90. The zero-order chi connectivity index (χ0) is 23.1. The Morgan fingerprint density at radius 1 is 1.25 bits per heavy atom. The van der Waals surface area contributed by atoms with Gasteiger partial charge in [0.25, 0.3) is 0 Å². The van der Waals surface area contributed by atoms with Crippen LogP contribution in [-0.4, -0.2) is 68.7 Å². The molecule has 0 unspecified atom stereocenters. The van der Waals surface area contributed by atoms with Gasteiger partial charge >= 0.3 is 0 Å². The Bertz CT molecular complexity index is 884. The van der Waals surface area contributed by atoms with Crippen LogP contribution in [0.1, 0.15) is 35.7 Å². The lowest BCUT2D eigenvalue weighted by Gasteiger charge is -2.32. The van der Waals surface area contributed by atoms with Gasteiger partial charge in [-0.05, 0) is 57.8 Å². The molecule has 0 radical (unpaired) electrons. The summed E-state index contributed by atoms with van der Waals surface area (Å²) in [6.45, 7) is 8.49. The lowest BCUT2D eigenvalue weighted by molar-refractivity contribution is 0.163. The minimum Gasteiger partial charge on any atom is -0.497 e. The predicted octanol–water partition coefficient (Wildman–Crippen LogP) is 3.23. The van der Waals surface area contributed by atoms with Gasteiger partial charge in [0.1, 0.15) is 17.3 Å². The van der Waals surface area contributed by atoms with Crippen molar-refractivity contribution in [1.82, 2.24) is 20.1 Å². The molecule has 1 saturated heterocycles. The number of ether oxygens (including phenoxy) is 2. The Balaban J connectivity index is 1.46. The first kappa shape index (κ1) is 23.9. The molecule has 0 bridgehead atoms. The number of aromatic nitrogens is 1. The third-order valence-electron chi connectivity index (χ3n) is 6.16. The number of methoxy groups -OCH3 is 2. The number of aliphatic imine (C=N–C) groups is 1. The molecule has 1 aromatic heterocycles. The number of benzene rings is 1. The van der Waals surface area contributed by atoms with Crippen LogP contribution < -0.4 is 14.8 Å². The molecule has 1 aliphatic heterocycles. The van der Waals surface area contributed by atoms with Crippen molar-refractivity contribution in [2.24, 2.45) is 10.9 Å². The van der Waals surface area contributed by atoms with Crippen LogP contribution >= 0.6 is 0 Å². The van der Waals surface area contributed by atoms with E-state index in [2.05, 4.69) is 25.1 Å². The molecule has 0 saturated carbocycles. The lowest BCUT2D eigenvalue weighted by atomic mass is 9.97. The minimum atomic E-state index is 0.625. The monoisotopic (exact) mass is 443 g/mol. The number of guanidine groups is 1. The lowest BCUT2D eigenvalue weighted by Crippen LogP contribution is -2.43. The molecule has 1 aliphatic rings. The molecule has 1 aromatic carbocycles. The number of aryl methyl sites for hydroxylation is 2. The Morgan fingerprint density at radius 2 is 2.00 bits per heavy atom. The summed E-state index contributed by atoms with van der Waals surface area (Å²) in [7, 11) is 7.21. The van der Waals surface area contributed by atoms with E-state index in [9.17, 15) is 0 Å². The van der Waals surface area contributed by atoms with Gasteiger partial charge in [0, 0.05) is 38.8 Å². The number of nitrogens with one attached hydrogen (secondary N) is 1. The zero-order valence-corrected chi connectivity index (χ0v) is 20.3. The van der Waals surface area contributed by atoms with Crippen molar-refractivity contribution in [2.75, 3.05) is 47.9 Å².